The molecule has 0 spiro atoms. The van der Waals surface area contributed by atoms with Crippen LogP contribution in [0.2, 0.25) is 5.02 Å². The molecule has 0 aliphatic heterocycles. The first-order valence-corrected chi connectivity index (χ1v) is 6.29. The number of anilines is 2. The second-order valence-electron chi connectivity index (χ2n) is 4.33. The van der Waals surface area contributed by atoms with Crippen molar-refractivity contribution in [2.24, 2.45) is 0 Å². The fourth-order valence-corrected chi connectivity index (χ4v) is 1.95. The zero-order chi connectivity index (χ0) is 13.8. The van der Waals surface area contributed by atoms with Crippen molar-refractivity contribution in [2.45, 2.75) is 13.0 Å². The maximum absolute atomic E-state index is 8.95. The third-order valence-electron chi connectivity index (χ3n) is 2.93. The van der Waals surface area contributed by atoms with E-state index >= 15 is 0 Å². The van der Waals surface area contributed by atoms with Crippen molar-refractivity contribution in [3.05, 3.63) is 58.6 Å². The molecular formula is C15H14ClN3. The van der Waals surface area contributed by atoms with Crippen molar-refractivity contribution in [1.82, 2.24) is 0 Å². The molecule has 3 nitrogen and oxygen atoms in total. The van der Waals surface area contributed by atoms with Crippen molar-refractivity contribution in [3.8, 4) is 6.07 Å². The van der Waals surface area contributed by atoms with E-state index in [0.29, 0.717) is 11.3 Å². The van der Waals surface area contributed by atoms with Gasteiger partial charge in [0, 0.05) is 22.4 Å². The van der Waals surface area contributed by atoms with Crippen LogP contribution in [0, 0.1) is 11.3 Å². The van der Waals surface area contributed by atoms with Gasteiger partial charge in [-0.2, -0.15) is 5.26 Å². The van der Waals surface area contributed by atoms with Gasteiger partial charge in [-0.05, 0) is 42.8 Å². The largest absolute Gasteiger partial charge is 0.398 e. The van der Waals surface area contributed by atoms with Crippen molar-refractivity contribution < 1.29 is 0 Å². The Hall–Kier alpha value is -2.18. The van der Waals surface area contributed by atoms with E-state index in [-0.39, 0.29) is 6.04 Å². The van der Waals surface area contributed by atoms with E-state index in [4.69, 9.17) is 22.6 Å². The molecule has 96 valence electrons. The molecule has 0 aliphatic rings. The molecule has 0 aliphatic carbocycles. The molecule has 2 aromatic rings. The molecule has 0 amide bonds. The fraction of sp³-hybridized carbons (Fsp3) is 0.133. The van der Waals surface area contributed by atoms with Crippen LogP contribution in [0.5, 0.6) is 0 Å². The van der Waals surface area contributed by atoms with Crippen LogP contribution >= 0.6 is 11.6 Å². The maximum Gasteiger partial charge on any atom is 0.101 e. The molecule has 0 bridgehead atoms. The summed E-state index contributed by atoms with van der Waals surface area (Å²) in [6.07, 6.45) is 0. The monoisotopic (exact) mass is 271 g/mol. The van der Waals surface area contributed by atoms with E-state index in [2.05, 4.69) is 11.4 Å². The van der Waals surface area contributed by atoms with E-state index < -0.39 is 0 Å². The van der Waals surface area contributed by atoms with Crippen molar-refractivity contribution in [1.29, 1.82) is 5.26 Å². The summed E-state index contributed by atoms with van der Waals surface area (Å²) in [4.78, 5) is 0. The number of hydrogen-bond donors (Lipinski definition) is 2. The molecule has 19 heavy (non-hydrogen) atoms. The van der Waals surface area contributed by atoms with Crippen molar-refractivity contribution in [2.75, 3.05) is 11.1 Å². The molecule has 0 aromatic heterocycles. The molecule has 0 saturated carbocycles. The lowest BCUT2D eigenvalue weighted by Gasteiger charge is -2.16. The van der Waals surface area contributed by atoms with E-state index in [1.807, 2.05) is 37.3 Å². The highest BCUT2D eigenvalue weighted by Gasteiger charge is 2.06. The molecule has 0 heterocycles. The average molecular weight is 272 g/mol. The first kappa shape index (κ1) is 13.3. The highest BCUT2D eigenvalue weighted by molar-refractivity contribution is 6.30. The quantitative estimate of drug-likeness (QED) is 0.831. The number of nitrogen functional groups attached to an aromatic ring is 1. The van der Waals surface area contributed by atoms with Crippen LogP contribution in [-0.2, 0) is 0 Å². The maximum atomic E-state index is 8.95. The van der Waals surface area contributed by atoms with Gasteiger partial charge in [0.05, 0.1) is 5.56 Å². The number of rotatable bonds is 3. The minimum atomic E-state index is 0.118. The van der Waals surface area contributed by atoms with E-state index in [9.17, 15) is 0 Å². The zero-order valence-electron chi connectivity index (χ0n) is 10.5. The summed E-state index contributed by atoms with van der Waals surface area (Å²) < 4.78 is 0. The molecule has 0 fully saturated rings. The number of nitrogens with two attached hydrogens (primary N) is 1. The zero-order valence-corrected chi connectivity index (χ0v) is 11.3. The molecule has 2 rings (SSSR count). The minimum Gasteiger partial charge on any atom is -0.398 e. The normalized spacial score (nSPS) is 11.6. The lowest BCUT2D eigenvalue weighted by molar-refractivity contribution is 0.885. The van der Waals surface area contributed by atoms with Gasteiger partial charge in [-0.3, -0.25) is 0 Å². The summed E-state index contributed by atoms with van der Waals surface area (Å²) in [6, 6.07) is 15.2. The van der Waals surface area contributed by atoms with Gasteiger partial charge in [0.1, 0.15) is 6.07 Å². The molecule has 2 aromatic carbocycles. The van der Waals surface area contributed by atoms with Gasteiger partial charge in [0.15, 0.2) is 0 Å². The topological polar surface area (TPSA) is 61.8 Å². The fourth-order valence-electron chi connectivity index (χ4n) is 1.83. The van der Waals surface area contributed by atoms with Gasteiger partial charge >= 0.3 is 0 Å². The first-order valence-electron chi connectivity index (χ1n) is 5.92. The second-order valence-corrected chi connectivity index (χ2v) is 4.77. The Balaban J connectivity index is 2.17. The van der Waals surface area contributed by atoms with Gasteiger partial charge in [0.25, 0.3) is 0 Å². The van der Waals surface area contributed by atoms with Crippen LogP contribution in [0.25, 0.3) is 0 Å². The number of hydrogen-bond acceptors (Lipinski definition) is 3. The standard InChI is InChI=1S/C15H14ClN3/c1-10(11-2-4-13(16)5-3-11)19-14-6-7-15(18)12(8-14)9-17/h2-8,10,19H,18H2,1H3. The van der Waals surface area contributed by atoms with Crippen LogP contribution in [0.3, 0.4) is 0 Å². The van der Waals surface area contributed by atoms with Crippen LogP contribution in [0.4, 0.5) is 11.4 Å². The molecule has 3 N–H and O–H groups in total. The van der Waals surface area contributed by atoms with Crippen LogP contribution in [-0.4, -0.2) is 0 Å². The molecule has 4 heteroatoms. The Morgan fingerprint density at radius 3 is 2.53 bits per heavy atom. The third-order valence-corrected chi connectivity index (χ3v) is 3.18. The summed E-state index contributed by atoms with van der Waals surface area (Å²) in [5.74, 6) is 0. The molecule has 1 unspecified atom stereocenters. The smallest absolute Gasteiger partial charge is 0.101 e. The van der Waals surface area contributed by atoms with E-state index in [0.717, 1.165) is 16.3 Å². The Labute approximate surface area is 117 Å². The van der Waals surface area contributed by atoms with Gasteiger partial charge < -0.3 is 11.1 Å². The van der Waals surface area contributed by atoms with Crippen LogP contribution < -0.4 is 11.1 Å². The predicted octanol–water partition coefficient (Wildman–Crippen LogP) is 3.97. The third kappa shape index (κ3) is 3.18. The molecular weight excluding hydrogens is 258 g/mol. The van der Waals surface area contributed by atoms with Crippen LogP contribution in [0.1, 0.15) is 24.1 Å². The Kier molecular flexibility index (Phi) is 3.94. The van der Waals surface area contributed by atoms with E-state index in [1.54, 1.807) is 12.1 Å². The Morgan fingerprint density at radius 1 is 1.21 bits per heavy atom. The highest BCUT2D eigenvalue weighted by Crippen LogP contribution is 2.23. The van der Waals surface area contributed by atoms with Crippen molar-refractivity contribution in [3.63, 3.8) is 0 Å². The number of benzene rings is 2. The Bertz CT molecular complexity index is 614. The lowest BCUT2D eigenvalue weighted by Crippen LogP contribution is -2.06. The van der Waals surface area contributed by atoms with Gasteiger partial charge in [-0.25, -0.2) is 0 Å². The summed E-state index contributed by atoms with van der Waals surface area (Å²) in [7, 11) is 0. The van der Waals surface area contributed by atoms with Crippen molar-refractivity contribution >= 4 is 23.0 Å². The average Bonchev–Trinajstić information content (AvgIpc) is 2.41. The molecule has 1 atom stereocenters. The van der Waals surface area contributed by atoms with Crippen LogP contribution in [0.15, 0.2) is 42.5 Å². The SMILES string of the molecule is CC(Nc1ccc(N)c(C#N)c1)c1ccc(Cl)cc1. The van der Waals surface area contributed by atoms with E-state index in [1.165, 1.54) is 0 Å². The predicted molar refractivity (Wildman–Crippen MR) is 79.1 cm³/mol. The Morgan fingerprint density at radius 2 is 1.89 bits per heavy atom. The minimum absolute atomic E-state index is 0.118. The number of nitrogens with one attached hydrogen (secondary N) is 1. The number of halogens is 1. The van der Waals surface area contributed by atoms with Gasteiger partial charge in [0.2, 0.25) is 0 Å². The summed E-state index contributed by atoms with van der Waals surface area (Å²) in [6.45, 7) is 2.05. The lowest BCUT2D eigenvalue weighted by atomic mass is 10.1. The summed E-state index contributed by atoms with van der Waals surface area (Å²) in [5, 5.41) is 13.0. The first-order chi connectivity index (χ1) is 9.10. The van der Waals surface area contributed by atoms with Gasteiger partial charge in [-0.1, -0.05) is 23.7 Å². The number of nitriles is 1. The molecule has 0 radical (unpaired) electrons. The number of nitrogens with zero attached hydrogens (tertiary/aromatic N) is 1. The highest BCUT2D eigenvalue weighted by atomic mass is 35.5. The second kappa shape index (κ2) is 5.64. The molecule has 0 saturated heterocycles. The summed E-state index contributed by atoms with van der Waals surface area (Å²) >= 11 is 5.86. The summed E-state index contributed by atoms with van der Waals surface area (Å²) in [5.41, 5.74) is 8.66. The van der Waals surface area contributed by atoms with Gasteiger partial charge in [-0.15, -0.1) is 0 Å².